The summed E-state index contributed by atoms with van der Waals surface area (Å²) in [5, 5.41) is 7.31. The number of carbonyl (C=O) groups excluding carboxylic acids is 1. The van der Waals surface area contributed by atoms with Gasteiger partial charge in [0, 0.05) is 24.2 Å². The third-order valence-electron chi connectivity index (χ3n) is 1.69. The first-order valence-corrected chi connectivity index (χ1v) is 6.16. The van der Waals surface area contributed by atoms with Crippen molar-refractivity contribution < 1.29 is 14.7 Å². The van der Waals surface area contributed by atoms with E-state index in [1.54, 1.807) is 0 Å². The standard InChI is InChI=1S/C10H9Cl4NO3/c11-3-1-5-15(6-2-4-12)9(16)7(13)8(14)10(17)18/h1-4H,5-6H2,(H,17,18). The highest BCUT2D eigenvalue weighted by molar-refractivity contribution is 6.53. The van der Waals surface area contributed by atoms with Crippen LogP contribution in [0.2, 0.25) is 0 Å². The third kappa shape index (κ3) is 5.78. The lowest BCUT2D eigenvalue weighted by Crippen LogP contribution is -2.32. The first-order valence-electron chi connectivity index (χ1n) is 4.54. The van der Waals surface area contributed by atoms with Crippen LogP contribution in [0.4, 0.5) is 0 Å². The van der Waals surface area contributed by atoms with Crippen LogP contribution in [-0.4, -0.2) is 35.0 Å². The van der Waals surface area contributed by atoms with Crippen LogP contribution >= 0.6 is 46.4 Å². The largest absolute Gasteiger partial charge is 0.477 e. The van der Waals surface area contributed by atoms with Crippen LogP contribution in [0.1, 0.15) is 0 Å². The fourth-order valence-electron chi connectivity index (χ4n) is 0.901. The molecule has 0 radical (unpaired) electrons. The number of nitrogens with zero attached hydrogens (tertiary/aromatic N) is 1. The van der Waals surface area contributed by atoms with Crippen molar-refractivity contribution in [3.8, 4) is 0 Å². The Morgan fingerprint density at radius 2 is 1.44 bits per heavy atom. The monoisotopic (exact) mass is 331 g/mol. The average molecular weight is 333 g/mol. The van der Waals surface area contributed by atoms with E-state index in [4.69, 9.17) is 51.5 Å². The number of carboxylic acid groups (broad SMARTS) is 1. The predicted molar refractivity (Wildman–Crippen MR) is 72.9 cm³/mol. The molecule has 0 aromatic heterocycles. The van der Waals surface area contributed by atoms with E-state index in [1.807, 2.05) is 0 Å². The lowest BCUT2D eigenvalue weighted by molar-refractivity contribution is -0.132. The van der Waals surface area contributed by atoms with Gasteiger partial charge in [0.1, 0.15) is 10.1 Å². The molecule has 0 aliphatic carbocycles. The van der Waals surface area contributed by atoms with Crippen LogP contribution in [0, 0.1) is 0 Å². The topological polar surface area (TPSA) is 57.6 Å². The van der Waals surface area contributed by atoms with Crippen LogP contribution < -0.4 is 0 Å². The zero-order valence-corrected chi connectivity index (χ0v) is 12.0. The smallest absolute Gasteiger partial charge is 0.349 e. The zero-order chi connectivity index (χ0) is 14.1. The van der Waals surface area contributed by atoms with E-state index < -0.39 is 21.9 Å². The Labute approximate surface area is 124 Å². The van der Waals surface area contributed by atoms with Crippen molar-refractivity contribution in [3.63, 3.8) is 0 Å². The van der Waals surface area contributed by atoms with E-state index in [1.165, 1.54) is 28.1 Å². The fourth-order valence-corrected chi connectivity index (χ4v) is 1.34. The highest BCUT2D eigenvalue weighted by atomic mass is 35.5. The van der Waals surface area contributed by atoms with Gasteiger partial charge in [0.2, 0.25) is 0 Å². The number of hydrogen-bond acceptors (Lipinski definition) is 2. The van der Waals surface area contributed by atoms with Crippen molar-refractivity contribution >= 4 is 58.3 Å². The summed E-state index contributed by atoms with van der Waals surface area (Å²) < 4.78 is 0. The number of aliphatic carboxylic acids is 1. The first-order chi connectivity index (χ1) is 8.45. The van der Waals surface area contributed by atoms with Gasteiger partial charge in [0.15, 0.2) is 0 Å². The van der Waals surface area contributed by atoms with Gasteiger partial charge in [-0.05, 0) is 0 Å². The van der Waals surface area contributed by atoms with Gasteiger partial charge in [0.25, 0.3) is 5.91 Å². The van der Waals surface area contributed by atoms with Crippen LogP contribution in [0.3, 0.4) is 0 Å². The number of carboxylic acids is 1. The molecule has 18 heavy (non-hydrogen) atoms. The van der Waals surface area contributed by atoms with Crippen LogP contribution in [-0.2, 0) is 9.59 Å². The van der Waals surface area contributed by atoms with Gasteiger partial charge in [-0.1, -0.05) is 58.6 Å². The Bertz CT molecular complexity index is 390. The molecule has 0 aromatic carbocycles. The van der Waals surface area contributed by atoms with Crippen molar-refractivity contribution in [2.24, 2.45) is 0 Å². The third-order valence-corrected chi connectivity index (χ3v) is 2.84. The second-order valence-corrected chi connectivity index (χ2v) is 4.13. The summed E-state index contributed by atoms with van der Waals surface area (Å²) in [5.41, 5.74) is 2.45. The SMILES string of the molecule is O=C(O)C(Cl)=C(Cl)C(=O)N(CC=CCl)CC=CCl. The molecular weight excluding hydrogens is 324 g/mol. The molecule has 0 fully saturated rings. The molecule has 0 aromatic rings. The minimum Gasteiger partial charge on any atom is -0.477 e. The number of amides is 1. The van der Waals surface area contributed by atoms with E-state index in [-0.39, 0.29) is 13.1 Å². The van der Waals surface area contributed by atoms with Gasteiger partial charge in [-0.2, -0.15) is 0 Å². The Balaban J connectivity index is 5.05. The molecule has 0 unspecified atom stereocenters. The maximum Gasteiger partial charge on any atom is 0.349 e. The van der Waals surface area contributed by atoms with Gasteiger partial charge in [-0.15, -0.1) is 0 Å². The van der Waals surface area contributed by atoms with Gasteiger partial charge in [-0.3, -0.25) is 4.79 Å². The summed E-state index contributed by atoms with van der Waals surface area (Å²) in [6.07, 6.45) is 2.97. The van der Waals surface area contributed by atoms with E-state index in [2.05, 4.69) is 0 Å². The molecule has 0 aliphatic heterocycles. The van der Waals surface area contributed by atoms with Crippen molar-refractivity contribution in [1.29, 1.82) is 0 Å². The predicted octanol–water partition coefficient (Wildman–Crippen LogP) is 3.09. The van der Waals surface area contributed by atoms with Gasteiger partial charge in [0.05, 0.1) is 0 Å². The Morgan fingerprint density at radius 1 is 1.00 bits per heavy atom. The summed E-state index contributed by atoms with van der Waals surface area (Å²) in [6, 6.07) is 0. The molecule has 4 nitrogen and oxygen atoms in total. The second kappa shape index (κ2) is 9.28. The van der Waals surface area contributed by atoms with Crippen molar-refractivity contribution in [3.05, 3.63) is 33.3 Å². The second-order valence-electron chi connectivity index (χ2n) is 2.87. The summed E-state index contributed by atoms with van der Waals surface area (Å²) >= 11 is 21.7. The Morgan fingerprint density at radius 3 is 1.78 bits per heavy atom. The Kier molecular flexibility index (Phi) is 8.93. The molecular formula is C10H9Cl4NO3. The summed E-state index contributed by atoms with van der Waals surface area (Å²) in [4.78, 5) is 23.6. The zero-order valence-electron chi connectivity index (χ0n) is 8.95. The van der Waals surface area contributed by atoms with E-state index >= 15 is 0 Å². The normalized spacial score (nSPS) is 12.9. The molecule has 8 heteroatoms. The number of rotatable bonds is 6. The summed E-state index contributed by atoms with van der Waals surface area (Å²) in [5.74, 6) is -2.20. The van der Waals surface area contributed by atoms with Crippen LogP contribution in [0.25, 0.3) is 0 Å². The molecule has 0 rings (SSSR count). The highest BCUT2D eigenvalue weighted by Crippen LogP contribution is 2.17. The van der Waals surface area contributed by atoms with E-state index in [0.717, 1.165) is 0 Å². The van der Waals surface area contributed by atoms with E-state index in [0.29, 0.717) is 0 Å². The average Bonchev–Trinajstić information content (AvgIpc) is 2.36. The highest BCUT2D eigenvalue weighted by Gasteiger charge is 2.21. The fraction of sp³-hybridized carbons (Fsp3) is 0.200. The molecule has 1 amide bonds. The number of halogens is 4. The van der Waals surface area contributed by atoms with E-state index in [9.17, 15) is 9.59 Å². The molecule has 0 bridgehead atoms. The molecule has 0 saturated heterocycles. The lowest BCUT2D eigenvalue weighted by Gasteiger charge is -2.18. The molecule has 0 heterocycles. The molecule has 0 aliphatic rings. The first kappa shape index (κ1) is 17.3. The summed E-state index contributed by atoms with van der Waals surface area (Å²) in [6.45, 7) is 0.285. The minimum absolute atomic E-state index is 0.142. The summed E-state index contributed by atoms with van der Waals surface area (Å²) in [7, 11) is 0. The van der Waals surface area contributed by atoms with Crippen molar-refractivity contribution in [2.75, 3.05) is 13.1 Å². The van der Waals surface area contributed by atoms with Gasteiger partial charge in [-0.25, -0.2) is 4.79 Å². The van der Waals surface area contributed by atoms with Crippen LogP contribution in [0.15, 0.2) is 33.3 Å². The van der Waals surface area contributed by atoms with Gasteiger partial charge >= 0.3 is 5.97 Å². The quantitative estimate of drug-likeness (QED) is 0.760. The van der Waals surface area contributed by atoms with Crippen molar-refractivity contribution in [1.82, 2.24) is 4.90 Å². The number of hydrogen-bond donors (Lipinski definition) is 1. The molecule has 0 spiro atoms. The van der Waals surface area contributed by atoms with Gasteiger partial charge < -0.3 is 10.0 Å². The molecule has 0 saturated carbocycles. The minimum atomic E-state index is -1.48. The van der Waals surface area contributed by atoms with Crippen molar-refractivity contribution in [2.45, 2.75) is 0 Å². The molecule has 1 N–H and O–H groups in total. The maximum atomic E-state index is 11.8. The maximum absolute atomic E-state index is 11.8. The molecule has 100 valence electrons. The van der Waals surface area contributed by atoms with Crippen LogP contribution in [0.5, 0.6) is 0 Å². The Hall–Kier alpha value is -0.680. The lowest BCUT2D eigenvalue weighted by atomic mass is 10.3. The number of carbonyl (C=O) groups is 2. The molecule has 0 atom stereocenters.